The molecule has 1 amide bonds. The first-order valence-corrected chi connectivity index (χ1v) is 7.35. The molecule has 25 heavy (non-hydrogen) atoms. The Morgan fingerprint density at radius 1 is 1.32 bits per heavy atom. The van der Waals surface area contributed by atoms with Gasteiger partial charge in [0, 0.05) is 19.1 Å². The lowest BCUT2D eigenvalue weighted by atomic mass is 10.2. The number of nitrogens with zero attached hydrogens (tertiary/aromatic N) is 1. The van der Waals surface area contributed by atoms with Gasteiger partial charge in [-0.15, -0.1) is 24.8 Å². The van der Waals surface area contributed by atoms with E-state index >= 15 is 0 Å². The fraction of sp³-hybridized carbons (Fsp3) is 0.312. The standard InChI is InChI=1S/C16H17F2N3O2.2ClH/c17-13-2-1-3-14(18)15(13)21-5-4-11(8-21)20-16(22)10-6-12(7-19)23-9-10;;/h1-3,6,9,11H,4-5,7-8,19H2,(H,20,22);2*1H. The fourth-order valence-corrected chi connectivity index (χ4v) is 2.75. The zero-order valence-electron chi connectivity index (χ0n) is 13.2. The zero-order valence-corrected chi connectivity index (χ0v) is 14.8. The van der Waals surface area contributed by atoms with Gasteiger partial charge in [0.15, 0.2) is 0 Å². The van der Waals surface area contributed by atoms with Crippen LogP contribution in [-0.2, 0) is 6.54 Å². The second-order valence-electron chi connectivity index (χ2n) is 5.48. The maximum atomic E-state index is 13.8. The Balaban J connectivity index is 0.00000156. The molecule has 3 rings (SSSR count). The minimum atomic E-state index is -0.598. The molecular formula is C16H19Cl2F2N3O2. The van der Waals surface area contributed by atoms with E-state index in [1.54, 1.807) is 11.0 Å². The molecule has 1 aromatic carbocycles. The highest BCUT2D eigenvalue weighted by Crippen LogP contribution is 2.26. The molecule has 1 unspecified atom stereocenters. The average Bonchev–Trinajstić information content (AvgIpc) is 3.16. The van der Waals surface area contributed by atoms with E-state index < -0.39 is 11.6 Å². The van der Waals surface area contributed by atoms with Crippen molar-refractivity contribution in [3.8, 4) is 0 Å². The van der Waals surface area contributed by atoms with Crippen molar-refractivity contribution < 1.29 is 18.0 Å². The highest BCUT2D eigenvalue weighted by atomic mass is 35.5. The number of carbonyl (C=O) groups excluding carboxylic acids is 1. The van der Waals surface area contributed by atoms with Gasteiger partial charge in [0.25, 0.3) is 5.91 Å². The van der Waals surface area contributed by atoms with Crippen molar-refractivity contribution in [3.05, 3.63) is 53.5 Å². The van der Waals surface area contributed by atoms with Crippen LogP contribution in [0, 0.1) is 11.6 Å². The Morgan fingerprint density at radius 2 is 2.00 bits per heavy atom. The summed E-state index contributed by atoms with van der Waals surface area (Å²) in [7, 11) is 0. The number of anilines is 1. The van der Waals surface area contributed by atoms with E-state index in [9.17, 15) is 13.6 Å². The van der Waals surface area contributed by atoms with Gasteiger partial charge in [-0.25, -0.2) is 8.78 Å². The largest absolute Gasteiger partial charge is 0.467 e. The molecule has 1 atom stereocenters. The van der Waals surface area contributed by atoms with Gasteiger partial charge in [0.2, 0.25) is 0 Å². The van der Waals surface area contributed by atoms with Crippen molar-refractivity contribution in [2.75, 3.05) is 18.0 Å². The molecule has 2 aromatic rings. The molecule has 0 bridgehead atoms. The summed E-state index contributed by atoms with van der Waals surface area (Å²) in [6.07, 6.45) is 1.96. The summed E-state index contributed by atoms with van der Waals surface area (Å²) >= 11 is 0. The average molecular weight is 394 g/mol. The Bertz CT molecular complexity index is 707. The quantitative estimate of drug-likeness (QED) is 0.837. The number of benzene rings is 1. The molecular weight excluding hydrogens is 375 g/mol. The number of carbonyl (C=O) groups is 1. The van der Waals surface area contributed by atoms with E-state index in [0.29, 0.717) is 30.8 Å². The normalized spacial score (nSPS) is 16.1. The lowest BCUT2D eigenvalue weighted by molar-refractivity contribution is 0.0940. The number of hydrogen-bond donors (Lipinski definition) is 2. The van der Waals surface area contributed by atoms with Crippen LogP contribution in [0.3, 0.4) is 0 Å². The second kappa shape index (κ2) is 9.03. The Hall–Kier alpha value is -1.83. The van der Waals surface area contributed by atoms with Gasteiger partial charge in [-0.2, -0.15) is 0 Å². The van der Waals surface area contributed by atoms with Gasteiger partial charge >= 0.3 is 0 Å². The van der Waals surface area contributed by atoms with Crippen molar-refractivity contribution in [2.45, 2.75) is 19.0 Å². The molecule has 0 saturated carbocycles. The molecule has 138 valence electrons. The molecule has 2 heterocycles. The Labute approximate surface area is 156 Å². The summed E-state index contributed by atoms with van der Waals surface area (Å²) in [5, 5.41) is 2.84. The number of hydrogen-bond acceptors (Lipinski definition) is 4. The highest BCUT2D eigenvalue weighted by Gasteiger charge is 2.28. The molecule has 0 spiro atoms. The highest BCUT2D eigenvalue weighted by molar-refractivity contribution is 5.94. The first-order chi connectivity index (χ1) is 11.1. The smallest absolute Gasteiger partial charge is 0.254 e. The van der Waals surface area contributed by atoms with Crippen LogP contribution >= 0.6 is 24.8 Å². The van der Waals surface area contributed by atoms with Gasteiger partial charge in [0.1, 0.15) is 29.3 Å². The molecule has 1 aliphatic heterocycles. The van der Waals surface area contributed by atoms with Gasteiger partial charge in [0.05, 0.1) is 12.1 Å². The number of para-hydroxylation sites is 1. The Kier molecular flexibility index (Phi) is 7.66. The predicted octanol–water partition coefficient (Wildman–Crippen LogP) is 2.87. The van der Waals surface area contributed by atoms with Crippen LogP contribution < -0.4 is 16.0 Å². The van der Waals surface area contributed by atoms with E-state index in [4.69, 9.17) is 10.2 Å². The number of amides is 1. The van der Waals surface area contributed by atoms with Gasteiger partial charge in [-0.3, -0.25) is 4.79 Å². The summed E-state index contributed by atoms with van der Waals surface area (Å²) < 4.78 is 32.7. The lowest BCUT2D eigenvalue weighted by Gasteiger charge is -2.20. The number of nitrogens with one attached hydrogen (secondary N) is 1. The maximum Gasteiger partial charge on any atom is 0.254 e. The number of nitrogens with two attached hydrogens (primary N) is 1. The van der Waals surface area contributed by atoms with Crippen LogP contribution in [0.1, 0.15) is 22.5 Å². The minimum absolute atomic E-state index is 0. The van der Waals surface area contributed by atoms with Crippen molar-refractivity contribution in [3.63, 3.8) is 0 Å². The summed E-state index contributed by atoms with van der Waals surface area (Å²) in [6.45, 7) is 1.05. The van der Waals surface area contributed by atoms with Gasteiger partial charge in [-0.1, -0.05) is 6.07 Å². The predicted molar refractivity (Wildman–Crippen MR) is 95.5 cm³/mol. The molecule has 9 heteroatoms. The molecule has 1 saturated heterocycles. The molecule has 0 aliphatic carbocycles. The first-order valence-electron chi connectivity index (χ1n) is 7.35. The third-order valence-electron chi connectivity index (χ3n) is 3.89. The zero-order chi connectivity index (χ0) is 16.4. The van der Waals surface area contributed by atoms with E-state index in [0.717, 1.165) is 0 Å². The van der Waals surface area contributed by atoms with E-state index in [-0.39, 0.29) is 49.0 Å². The second-order valence-corrected chi connectivity index (χ2v) is 5.48. The van der Waals surface area contributed by atoms with Crippen molar-refractivity contribution in [1.29, 1.82) is 0 Å². The Morgan fingerprint density at radius 3 is 2.60 bits per heavy atom. The van der Waals surface area contributed by atoms with E-state index in [1.807, 2.05) is 0 Å². The summed E-state index contributed by atoms with van der Waals surface area (Å²) in [6, 6.07) is 5.18. The number of furan rings is 1. The molecule has 1 aromatic heterocycles. The summed E-state index contributed by atoms with van der Waals surface area (Å²) in [5.41, 5.74) is 5.78. The van der Waals surface area contributed by atoms with Crippen molar-refractivity contribution in [2.24, 2.45) is 5.73 Å². The van der Waals surface area contributed by atoms with Crippen molar-refractivity contribution >= 4 is 36.4 Å². The van der Waals surface area contributed by atoms with Crippen LogP contribution in [0.4, 0.5) is 14.5 Å². The van der Waals surface area contributed by atoms with Crippen LogP contribution in [0.15, 0.2) is 34.9 Å². The van der Waals surface area contributed by atoms with Gasteiger partial charge < -0.3 is 20.4 Å². The molecule has 1 aliphatic rings. The number of rotatable bonds is 4. The first kappa shape index (κ1) is 21.2. The monoisotopic (exact) mass is 393 g/mol. The van der Waals surface area contributed by atoms with E-state index in [2.05, 4.69) is 5.32 Å². The van der Waals surface area contributed by atoms with Crippen LogP contribution in [0.25, 0.3) is 0 Å². The molecule has 1 fully saturated rings. The SMILES string of the molecule is Cl.Cl.NCc1cc(C(=O)NC2CCN(c3c(F)cccc3F)C2)co1. The molecule has 0 radical (unpaired) electrons. The third kappa shape index (κ3) is 4.62. The fourth-order valence-electron chi connectivity index (χ4n) is 2.75. The topological polar surface area (TPSA) is 71.5 Å². The minimum Gasteiger partial charge on any atom is -0.467 e. The van der Waals surface area contributed by atoms with Crippen LogP contribution in [0.2, 0.25) is 0 Å². The number of halogens is 4. The molecule has 3 N–H and O–H groups in total. The van der Waals surface area contributed by atoms with Gasteiger partial charge in [-0.05, 0) is 24.6 Å². The van der Waals surface area contributed by atoms with Crippen LogP contribution in [-0.4, -0.2) is 25.0 Å². The molecule has 5 nitrogen and oxygen atoms in total. The summed E-state index contributed by atoms with van der Waals surface area (Å²) in [4.78, 5) is 13.7. The van der Waals surface area contributed by atoms with E-state index in [1.165, 1.54) is 24.5 Å². The van der Waals surface area contributed by atoms with Crippen molar-refractivity contribution in [1.82, 2.24) is 5.32 Å². The maximum absolute atomic E-state index is 13.8. The summed E-state index contributed by atoms with van der Waals surface area (Å²) in [5.74, 6) is -0.954. The lowest BCUT2D eigenvalue weighted by Crippen LogP contribution is -2.37. The third-order valence-corrected chi connectivity index (χ3v) is 3.89. The van der Waals surface area contributed by atoms with Crippen LogP contribution in [0.5, 0.6) is 0 Å².